The van der Waals surface area contributed by atoms with Gasteiger partial charge in [0.05, 0.1) is 22.7 Å². The van der Waals surface area contributed by atoms with Gasteiger partial charge in [-0.05, 0) is 75.9 Å². The second kappa shape index (κ2) is 11.6. The van der Waals surface area contributed by atoms with Crippen LogP contribution in [0.2, 0.25) is 0 Å². The van der Waals surface area contributed by atoms with Gasteiger partial charge in [-0.1, -0.05) is 31.4 Å². The summed E-state index contributed by atoms with van der Waals surface area (Å²) in [5.74, 6) is 0.841. The Balaban J connectivity index is 1.55. The summed E-state index contributed by atoms with van der Waals surface area (Å²) in [6.45, 7) is 6.23. The number of imidazole rings is 1. The average Bonchev–Trinajstić information content (AvgIpc) is 3.20. The number of hydrogen-bond donors (Lipinski definition) is 1. The Hall–Kier alpha value is -3.66. The van der Waals surface area contributed by atoms with E-state index < -0.39 is 5.60 Å². The maximum absolute atomic E-state index is 12.8. The number of rotatable bonds is 8. The molecule has 1 aromatic heterocycles. The molecule has 1 aliphatic carbocycles. The molecule has 7 nitrogen and oxygen atoms in total. The zero-order valence-corrected chi connectivity index (χ0v) is 22.0. The second-order valence-electron chi connectivity index (χ2n) is 10.9. The van der Waals surface area contributed by atoms with E-state index in [0.717, 1.165) is 53.8 Å². The molecule has 1 heterocycles. The lowest BCUT2D eigenvalue weighted by Gasteiger charge is -2.20. The first-order valence-electron chi connectivity index (χ1n) is 13.2. The molecular weight excluding hydrogens is 464 g/mol. The Kier molecular flexibility index (Phi) is 8.27. The van der Waals surface area contributed by atoms with Crippen LogP contribution in [0.4, 0.5) is 5.69 Å². The van der Waals surface area contributed by atoms with Crippen molar-refractivity contribution in [1.29, 1.82) is 5.26 Å². The summed E-state index contributed by atoms with van der Waals surface area (Å²) in [5, 5.41) is 12.2. The molecule has 194 valence electrons. The number of ether oxygens (including phenoxy) is 1. The first-order chi connectivity index (χ1) is 17.7. The van der Waals surface area contributed by atoms with Crippen molar-refractivity contribution in [2.24, 2.45) is 5.92 Å². The molecule has 1 saturated carbocycles. The lowest BCUT2D eigenvalue weighted by Crippen LogP contribution is -2.24. The molecular formula is C30H36N4O3. The number of carbonyl (C=O) groups excluding carboxylic acids is 2. The van der Waals surface area contributed by atoms with Crippen LogP contribution in [-0.2, 0) is 27.3 Å². The van der Waals surface area contributed by atoms with E-state index in [9.17, 15) is 9.59 Å². The first kappa shape index (κ1) is 26.4. The Morgan fingerprint density at radius 3 is 2.51 bits per heavy atom. The van der Waals surface area contributed by atoms with Gasteiger partial charge in [-0.15, -0.1) is 0 Å². The number of esters is 1. The summed E-state index contributed by atoms with van der Waals surface area (Å²) in [7, 11) is 0. The zero-order valence-electron chi connectivity index (χ0n) is 22.0. The molecule has 0 saturated heterocycles. The molecule has 4 rings (SSSR count). The summed E-state index contributed by atoms with van der Waals surface area (Å²) in [4.78, 5) is 29.9. The maximum atomic E-state index is 12.8. The summed E-state index contributed by atoms with van der Waals surface area (Å²) in [5.41, 5.74) is 3.69. The number of fused-ring (bicyclic) bond motifs is 1. The van der Waals surface area contributed by atoms with E-state index in [-0.39, 0.29) is 17.8 Å². The van der Waals surface area contributed by atoms with E-state index in [1.165, 1.54) is 6.42 Å². The fourth-order valence-corrected chi connectivity index (χ4v) is 4.90. The zero-order chi connectivity index (χ0) is 26.4. The van der Waals surface area contributed by atoms with Gasteiger partial charge in [0.25, 0.3) is 0 Å². The molecule has 1 aliphatic rings. The highest BCUT2D eigenvalue weighted by atomic mass is 16.6. The highest BCUT2D eigenvalue weighted by molar-refractivity contribution is 5.94. The van der Waals surface area contributed by atoms with Crippen molar-refractivity contribution >= 4 is 28.6 Å². The number of hydrogen-bond acceptors (Lipinski definition) is 5. The van der Waals surface area contributed by atoms with Crippen molar-refractivity contribution < 1.29 is 14.3 Å². The number of nitriles is 1. The van der Waals surface area contributed by atoms with Crippen molar-refractivity contribution in [1.82, 2.24) is 9.55 Å². The van der Waals surface area contributed by atoms with Crippen LogP contribution in [0.25, 0.3) is 11.0 Å². The standard InChI is InChI=1S/C30H36N4O3/c1-30(2,3)37-28(35)10-7-17-34-26-16-15-24(32-29(36)23-8-5-4-6-9-23)19-25(26)33-27(34)18-21-11-13-22(20-31)14-12-21/h11-16,19,23H,4-10,17-18H2,1-3H3,(H,32,36). The quantitative estimate of drug-likeness (QED) is 0.375. The van der Waals surface area contributed by atoms with Gasteiger partial charge in [-0.3, -0.25) is 9.59 Å². The van der Waals surface area contributed by atoms with Gasteiger partial charge in [0, 0.05) is 31.0 Å². The fourth-order valence-electron chi connectivity index (χ4n) is 4.90. The van der Waals surface area contributed by atoms with E-state index in [1.54, 1.807) is 0 Å². The molecule has 37 heavy (non-hydrogen) atoms. The van der Waals surface area contributed by atoms with Crippen LogP contribution in [0.1, 0.15) is 82.7 Å². The molecule has 1 N–H and O–H groups in total. The van der Waals surface area contributed by atoms with Crippen molar-refractivity contribution in [3.8, 4) is 6.07 Å². The van der Waals surface area contributed by atoms with Crippen LogP contribution in [-0.4, -0.2) is 27.0 Å². The molecule has 0 radical (unpaired) electrons. The molecule has 0 atom stereocenters. The third-order valence-corrected chi connectivity index (χ3v) is 6.70. The third-order valence-electron chi connectivity index (χ3n) is 6.70. The van der Waals surface area contributed by atoms with Crippen LogP contribution in [0.5, 0.6) is 0 Å². The minimum absolute atomic E-state index is 0.0850. The molecule has 1 amide bonds. The van der Waals surface area contributed by atoms with Crippen molar-refractivity contribution in [3.05, 3.63) is 59.4 Å². The van der Waals surface area contributed by atoms with Gasteiger partial charge in [-0.2, -0.15) is 5.26 Å². The molecule has 0 spiro atoms. The normalized spacial score (nSPS) is 14.3. The van der Waals surface area contributed by atoms with E-state index in [0.29, 0.717) is 31.4 Å². The second-order valence-corrected chi connectivity index (χ2v) is 10.9. The monoisotopic (exact) mass is 500 g/mol. The molecule has 7 heteroatoms. The van der Waals surface area contributed by atoms with E-state index in [1.807, 2.05) is 63.2 Å². The highest BCUT2D eigenvalue weighted by Gasteiger charge is 2.22. The van der Waals surface area contributed by atoms with E-state index in [4.69, 9.17) is 15.0 Å². The van der Waals surface area contributed by atoms with Crippen molar-refractivity contribution in [2.45, 2.75) is 84.3 Å². The molecule has 0 aliphatic heterocycles. The van der Waals surface area contributed by atoms with Crippen molar-refractivity contribution in [3.63, 3.8) is 0 Å². The Bertz CT molecular complexity index is 1290. The summed E-state index contributed by atoms with van der Waals surface area (Å²) >= 11 is 0. The number of benzene rings is 2. The first-order valence-corrected chi connectivity index (χ1v) is 13.2. The minimum Gasteiger partial charge on any atom is -0.460 e. The predicted molar refractivity (Wildman–Crippen MR) is 144 cm³/mol. The molecule has 0 unspecified atom stereocenters. The molecule has 1 fully saturated rings. The van der Waals surface area contributed by atoms with Gasteiger partial charge in [0.2, 0.25) is 5.91 Å². The van der Waals surface area contributed by atoms with Crippen LogP contribution in [0.15, 0.2) is 42.5 Å². The van der Waals surface area contributed by atoms with E-state index >= 15 is 0 Å². The number of nitrogens with one attached hydrogen (secondary N) is 1. The molecule has 2 aromatic carbocycles. The van der Waals surface area contributed by atoms with Crippen LogP contribution < -0.4 is 5.32 Å². The summed E-state index contributed by atoms with van der Waals surface area (Å²) < 4.78 is 7.61. The third kappa shape index (κ3) is 7.19. The number of amides is 1. The predicted octanol–water partition coefficient (Wildman–Crippen LogP) is 6.14. The van der Waals surface area contributed by atoms with Gasteiger partial charge < -0.3 is 14.6 Å². The smallest absolute Gasteiger partial charge is 0.306 e. The average molecular weight is 501 g/mol. The molecule has 0 bridgehead atoms. The van der Waals surface area contributed by atoms with Crippen molar-refractivity contribution in [2.75, 3.05) is 5.32 Å². The Morgan fingerprint density at radius 2 is 1.84 bits per heavy atom. The largest absolute Gasteiger partial charge is 0.460 e. The SMILES string of the molecule is CC(C)(C)OC(=O)CCCn1c(Cc2ccc(C#N)cc2)nc2cc(NC(=O)C3CCCCC3)ccc21. The van der Waals surface area contributed by atoms with Crippen LogP contribution in [0.3, 0.4) is 0 Å². The topological polar surface area (TPSA) is 97.0 Å². The summed E-state index contributed by atoms with van der Waals surface area (Å²) in [6.07, 6.45) is 6.89. The lowest BCUT2D eigenvalue weighted by atomic mass is 9.88. The van der Waals surface area contributed by atoms with Gasteiger partial charge in [-0.25, -0.2) is 4.98 Å². The number of nitrogens with zero attached hydrogens (tertiary/aromatic N) is 3. The lowest BCUT2D eigenvalue weighted by molar-refractivity contribution is -0.155. The Labute approximate surface area is 218 Å². The van der Waals surface area contributed by atoms with Gasteiger partial charge >= 0.3 is 5.97 Å². The fraction of sp³-hybridized carbons (Fsp3) is 0.467. The number of aryl methyl sites for hydroxylation is 1. The minimum atomic E-state index is -0.502. The van der Waals surface area contributed by atoms with E-state index in [2.05, 4.69) is 16.0 Å². The maximum Gasteiger partial charge on any atom is 0.306 e. The summed E-state index contributed by atoms with van der Waals surface area (Å²) in [6, 6.07) is 15.5. The van der Waals surface area contributed by atoms with Crippen LogP contribution >= 0.6 is 0 Å². The van der Waals surface area contributed by atoms with Crippen LogP contribution in [0, 0.1) is 17.2 Å². The number of aromatic nitrogens is 2. The van der Waals surface area contributed by atoms with Gasteiger partial charge in [0.1, 0.15) is 11.4 Å². The van der Waals surface area contributed by atoms with Gasteiger partial charge in [0.15, 0.2) is 0 Å². The number of carbonyl (C=O) groups is 2. The Morgan fingerprint density at radius 1 is 1.11 bits per heavy atom. The number of anilines is 1. The molecule has 3 aromatic rings. The highest BCUT2D eigenvalue weighted by Crippen LogP contribution is 2.27.